The van der Waals surface area contributed by atoms with Gasteiger partial charge in [-0.05, 0) is 0 Å². The summed E-state index contributed by atoms with van der Waals surface area (Å²) in [4.78, 5) is 15.8. The van der Waals surface area contributed by atoms with Crippen LogP contribution in [0.25, 0.3) is 0 Å². The number of aromatic nitrogens is 2. The highest BCUT2D eigenvalue weighted by molar-refractivity contribution is 5.19. The minimum Gasteiger partial charge on any atom is -0.493 e. The fourth-order valence-electron chi connectivity index (χ4n) is 0.463. The quantitative estimate of drug-likeness (QED) is 0.423. The summed E-state index contributed by atoms with van der Waals surface area (Å²) in [5.41, 5.74) is 4.57. The van der Waals surface area contributed by atoms with Gasteiger partial charge in [0.05, 0.1) is 6.07 Å². The summed E-state index contributed by atoms with van der Waals surface area (Å²) in [6.07, 6.45) is 0. The maximum Gasteiger partial charge on any atom is 0.256 e. The Balaban J connectivity index is 3.33. The molecule has 0 bridgehead atoms. The lowest BCUT2D eigenvalue weighted by Gasteiger charge is -1.89. The van der Waals surface area contributed by atoms with Crippen LogP contribution in [-0.4, -0.2) is 15.1 Å². The molecule has 0 spiro atoms. The lowest BCUT2D eigenvalue weighted by Crippen LogP contribution is -2.08. The topological polar surface area (TPSA) is 92.0 Å². The molecule has 0 aromatic carbocycles. The number of hydrogen-bond donors (Lipinski definition) is 3. The molecule has 0 saturated carbocycles. The van der Waals surface area contributed by atoms with E-state index in [0.717, 1.165) is 6.07 Å². The Kier molecular flexibility index (Phi) is 1.11. The Hall–Kier alpha value is -1.52. The molecule has 0 aliphatic carbocycles. The van der Waals surface area contributed by atoms with E-state index in [9.17, 15) is 4.79 Å². The Morgan fingerprint density at radius 2 is 2.44 bits per heavy atom. The van der Waals surface area contributed by atoms with Crippen LogP contribution in [0.3, 0.4) is 0 Å². The molecule has 0 unspecified atom stereocenters. The van der Waals surface area contributed by atoms with E-state index in [1.807, 2.05) is 0 Å². The van der Waals surface area contributed by atoms with Gasteiger partial charge in [-0.25, -0.2) is 0 Å². The van der Waals surface area contributed by atoms with Crippen LogP contribution in [0.4, 0.5) is 5.95 Å². The molecule has 1 rings (SSSR count). The van der Waals surface area contributed by atoms with Gasteiger partial charge in [-0.15, -0.1) is 0 Å². The number of rotatable bonds is 0. The first-order valence-electron chi connectivity index (χ1n) is 2.24. The van der Waals surface area contributed by atoms with Crippen molar-refractivity contribution in [2.24, 2.45) is 0 Å². The second-order valence-corrected chi connectivity index (χ2v) is 1.49. The van der Waals surface area contributed by atoms with Gasteiger partial charge >= 0.3 is 0 Å². The minimum absolute atomic E-state index is 0.0833. The van der Waals surface area contributed by atoms with Crippen molar-refractivity contribution >= 4 is 5.95 Å². The van der Waals surface area contributed by atoms with Gasteiger partial charge in [-0.3, -0.25) is 9.78 Å². The first kappa shape index (κ1) is 5.61. The molecule has 5 heteroatoms. The van der Waals surface area contributed by atoms with Crippen molar-refractivity contribution in [1.29, 1.82) is 0 Å². The molecule has 0 radical (unpaired) electrons. The van der Waals surface area contributed by atoms with E-state index in [1.54, 1.807) is 0 Å². The zero-order chi connectivity index (χ0) is 6.85. The average molecular weight is 131 g/mol. The van der Waals surface area contributed by atoms with Gasteiger partial charge in [-0.2, -0.15) is 4.98 Å². The van der Waals surface area contributed by atoms with E-state index in [-0.39, 0.29) is 11.8 Å². The third-order valence-corrected chi connectivity index (χ3v) is 0.746. The average Bonchev–Trinajstić information content (AvgIpc) is 1.59. The highest BCUT2D eigenvalue weighted by atomic mass is 16.4. The second-order valence-electron chi connectivity index (χ2n) is 1.49. The van der Waals surface area contributed by atoms with Crippen LogP contribution in [0, 0.1) is 0 Å². The standard InChI is InChI=1S/C4H5N3O2/c5-4-6-2(8)1-3(9)7-4/h1H,(H4,5,6,7,8,9)/i1+1,2+1,3+1,4+1. The molecule has 0 amide bonds. The lowest BCUT2D eigenvalue weighted by atomic mass is 11.5. The van der Waals surface area contributed by atoms with Crippen molar-refractivity contribution in [3.8, 4) is 5.88 Å². The first-order valence-corrected chi connectivity index (χ1v) is 2.24. The summed E-state index contributed by atoms with van der Waals surface area (Å²) in [6, 6.07) is 0.941. The van der Waals surface area contributed by atoms with E-state index in [2.05, 4.69) is 9.97 Å². The maximum absolute atomic E-state index is 10.4. The Bertz CT molecular complexity index is 244. The molecule has 9 heavy (non-hydrogen) atoms. The molecule has 0 aliphatic heterocycles. The molecule has 5 nitrogen and oxygen atoms in total. The van der Waals surface area contributed by atoms with E-state index in [4.69, 9.17) is 10.8 Å². The van der Waals surface area contributed by atoms with Crippen LogP contribution in [0.1, 0.15) is 0 Å². The third-order valence-electron chi connectivity index (χ3n) is 0.746. The number of nitrogen functional groups attached to an aromatic ring is 1. The van der Waals surface area contributed by atoms with Crippen LogP contribution >= 0.6 is 0 Å². The molecular formula is C4H5N3O2. The van der Waals surface area contributed by atoms with E-state index in [1.165, 1.54) is 0 Å². The molecule has 0 aliphatic rings. The van der Waals surface area contributed by atoms with Crippen molar-refractivity contribution in [2.45, 2.75) is 0 Å². The highest BCUT2D eigenvalue weighted by Gasteiger charge is 1.91. The van der Waals surface area contributed by atoms with Gasteiger partial charge in [0.25, 0.3) is 5.56 Å². The van der Waals surface area contributed by atoms with Crippen LogP contribution in [-0.2, 0) is 0 Å². The number of anilines is 1. The van der Waals surface area contributed by atoms with E-state index in [0.29, 0.717) is 0 Å². The fraction of sp³-hybridized carbons (Fsp3) is 0. The van der Waals surface area contributed by atoms with Crippen molar-refractivity contribution in [1.82, 2.24) is 9.97 Å². The summed E-state index contributed by atoms with van der Waals surface area (Å²) >= 11 is 0. The lowest BCUT2D eigenvalue weighted by molar-refractivity contribution is 0.452. The summed E-state index contributed by atoms with van der Waals surface area (Å²) in [5, 5.41) is 8.58. The van der Waals surface area contributed by atoms with Gasteiger partial charge in [-0.1, -0.05) is 0 Å². The normalized spacial score (nSPS) is 9.33. The number of aromatic amines is 1. The molecule has 0 saturated heterocycles. The Morgan fingerprint density at radius 3 is 2.89 bits per heavy atom. The fourth-order valence-corrected chi connectivity index (χ4v) is 0.463. The summed E-state index contributed by atoms with van der Waals surface area (Å²) in [6.45, 7) is 0. The van der Waals surface area contributed by atoms with Gasteiger partial charge in [0.15, 0.2) is 0 Å². The smallest absolute Gasteiger partial charge is 0.256 e. The summed E-state index contributed by atoms with van der Waals surface area (Å²) in [7, 11) is 0. The van der Waals surface area contributed by atoms with E-state index >= 15 is 0 Å². The number of hydrogen-bond acceptors (Lipinski definition) is 4. The molecule has 0 fully saturated rings. The Morgan fingerprint density at radius 1 is 1.78 bits per heavy atom. The monoisotopic (exact) mass is 131 g/mol. The maximum atomic E-state index is 10.4. The summed E-state index contributed by atoms with van der Waals surface area (Å²) in [5.74, 6) is -0.448. The predicted molar refractivity (Wildman–Crippen MR) is 30.9 cm³/mol. The van der Waals surface area contributed by atoms with E-state index < -0.39 is 5.56 Å². The minimum atomic E-state index is -0.458. The molecular weight excluding hydrogens is 126 g/mol. The van der Waals surface area contributed by atoms with Crippen LogP contribution < -0.4 is 11.3 Å². The van der Waals surface area contributed by atoms with Crippen LogP contribution in [0.5, 0.6) is 5.88 Å². The van der Waals surface area contributed by atoms with Crippen LogP contribution in [0.15, 0.2) is 10.9 Å². The Labute approximate surface area is 50.2 Å². The third kappa shape index (κ3) is 1.18. The SMILES string of the molecule is N[13c]1n[13c](O)[13cH][13c](=O)[nH]1. The molecule has 1 heterocycles. The first-order chi connectivity index (χ1) is 4.18. The second kappa shape index (κ2) is 1.77. The molecule has 1 aromatic heterocycles. The molecule has 1 aromatic rings. The molecule has 0 atom stereocenters. The molecule has 4 N–H and O–H groups in total. The van der Waals surface area contributed by atoms with Gasteiger partial charge in [0.2, 0.25) is 11.8 Å². The predicted octanol–water partition coefficient (Wildman–Crippen LogP) is -0.942. The summed E-state index contributed by atoms with van der Waals surface area (Å²) < 4.78 is 0. The van der Waals surface area contributed by atoms with Gasteiger partial charge < -0.3 is 10.8 Å². The number of nitrogens with one attached hydrogen (secondary N) is 1. The number of nitrogens with two attached hydrogens (primary N) is 1. The molecule has 48 valence electrons. The zero-order valence-electron chi connectivity index (χ0n) is 4.46. The van der Waals surface area contributed by atoms with Crippen molar-refractivity contribution in [3.63, 3.8) is 0 Å². The zero-order valence-corrected chi connectivity index (χ0v) is 4.46. The van der Waals surface area contributed by atoms with Crippen molar-refractivity contribution in [3.05, 3.63) is 16.4 Å². The number of nitrogens with zero attached hydrogens (tertiary/aromatic N) is 1. The number of H-pyrrole nitrogens is 1. The van der Waals surface area contributed by atoms with Crippen LogP contribution in [0.2, 0.25) is 0 Å². The van der Waals surface area contributed by atoms with Crippen molar-refractivity contribution < 1.29 is 5.11 Å². The van der Waals surface area contributed by atoms with Gasteiger partial charge in [0.1, 0.15) is 0 Å². The highest BCUT2D eigenvalue weighted by Crippen LogP contribution is 1.96. The van der Waals surface area contributed by atoms with Gasteiger partial charge in [0, 0.05) is 0 Å². The van der Waals surface area contributed by atoms with Crippen molar-refractivity contribution in [2.75, 3.05) is 5.73 Å². The largest absolute Gasteiger partial charge is 0.493 e. The number of aromatic hydroxyl groups is 1.